The van der Waals surface area contributed by atoms with Gasteiger partial charge in [-0.25, -0.2) is 17.5 Å². The fourth-order valence-corrected chi connectivity index (χ4v) is 2.27. The van der Waals surface area contributed by atoms with E-state index in [1.54, 1.807) is 6.92 Å². The molecule has 0 aromatic carbocycles. The number of pyridine rings is 1. The van der Waals surface area contributed by atoms with Gasteiger partial charge in [0.2, 0.25) is 10.0 Å². The summed E-state index contributed by atoms with van der Waals surface area (Å²) in [6.07, 6.45) is 2.58. The Morgan fingerprint density at radius 3 is 2.82 bits per heavy atom. The van der Waals surface area contributed by atoms with Crippen LogP contribution in [0.1, 0.15) is 19.8 Å². The Bertz CT molecular complexity index is 462. The third kappa shape index (κ3) is 4.76. The Balaban J connectivity index is 2.57. The maximum atomic E-state index is 12.8. The predicted octanol–water partition coefficient (Wildman–Crippen LogP) is 0.660. The topological polar surface area (TPSA) is 79.3 Å². The summed E-state index contributed by atoms with van der Waals surface area (Å²) < 4.78 is 38.4. The van der Waals surface area contributed by atoms with Gasteiger partial charge in [-0.3, -0.25) is 4.98 Å². The quantitative estimate of drug-likeness (QED) is 0.738. The van der Waals surface area contributed by atoms with Crippen LogP contribution in [0, 0.1) is 5.82 Å². The van der Waals surface area contributed by atoms with Crippen LogP contribution in [0.5, 0.6) is 0 Å². The lowest BCUT2D eigenvalue weighted by molar-refractivity contribution is 0.182. The molecule has 0 fully saturated rings. The van der Waals surface area contributed by atoms with E-state index < -0.39 is 21.9 Å². The Morgan fingerprint density at radius 1 is 1.53 bits per heavy atom. The highest BCUT2D eigenvalue weighted by Crippen LogP contribution is 2.08. The number of nitrogens with zero attached hydrogens (tertiary/aromatic N) is 1. The van der Waals surface area contributed by atoms with Crippen LogP contribution in [0.15, 0.2) is 23.4 Å². The summed E-state index contributed by atoms with van der Waals surface area (Å²) in [5.74, 6) is -0.697. The van der Waals surface area contributed by atoms with Crippen molar-refractivity contribution in [3.05, 3.63) is 24.3 Å². The van der Waals surface area contributed by atoms with Crippen LogP contribution >= 0.6 is 0 Å². The van der Waals surface area contributed by atoms with Gasteiger partial charge >= 0.3 is 0 Å². The molecule has 0 spiro atoms. The number of aliphatic hydroxyl groups is 1. The van der Waals surface area contributed by atoms with Gasteiger partial charge in [-0.05, 0) is 25.8 Å². The second-order valence-corrected chi connectivity index (χ2v) is 5.49. The van der Waals surface area contributed by atoms with Crippen molar-refractivity contribution in [2.24, 2.45) is 0 Å². The SMILES string of the molecule is CC(O)CCCNS(=O)(=O)c1cncc(F)c1. The third-order valence-electron chi connectivity index (χ3n) is 2.08. The number of sulfonamides is 1. The molecule has 1 rings (SSSR count). The van der Waals surface area contributed by atoms with E-state index >= 15 is 0 Å². The lowest BCUT2D eigenvalue weighted by Gasteiger charge is -2.07. The second kappa shape index (κ2) is 6.04. The van der Waals surface area contributed by atoms with Crippen molar-refractivity contribution in [2.75, 3.05) is 6.54 Å². The maximum Gasteiger partial charge on any atom is 0.242 e. The van der Waals surface area contributed by atoms with Crippen molar-refractivity contribution in [2.45, 2.75) is 30.8 Å². The molecule has 0 aliphatic rings. The van der Waals surface area contributed by atoms with Crippen molar-refractivity contribution < 1.29 is 17.9 Å². The van der Waals surface area contributed by atoms with Crippen molar-refractivity contribution >= 4 is 10.0 Å². The monoisotopic (exact) mass is 262 g/mol. The molecule has 2 N–H and O–H groups in total. The van der Waals surface area contributed by atoms with E-state index in [0.717, 1.165) is 18.5 Å². The van der Waals surface area contributed by atoms with E-state index in [0.29, 0.717) is 12.8 Å². The smallest absolute Gasteiger partial charge is 0.242 e. The summed E-state index contributed by atoms with van der Waals surface area (Å²) in [6, 6.07) is 0.907. The minimum atomic E-state index is -3.71. The molecule has 0 aliphatic carbocycles. The summed E-state index contributed by atoms with van der Waals surface area (Å²) in [4.78, 5) is 3.27. The van der Waals surface area contributed by atoms with Gasteiger partial charge in [0, 0.05) is 12.7 Å². The average molecular weight is 262 g/mol. The molecule has 0 aliphatic heterocycles. The van der Waals surface area contributed by atoms with E-state index in [1.807, 2.05) is 0 Å². The summed E-state index contributed by atoms with van der Waals surface area (Å²) in [7, 11) is -3.71. The van der Waals surface area contributed by atoms with Gasteiger partial charge in [-0.1, -0.05) is 0 Å². The van der Waals surface area contributed by atoms with Gasteiger partial charge in [0.25, 0.3) is 0 Å². The number of nitrogens with one attached hydrogen (secondary N) is 1. The van der Waals surface area contributed by atoms with Gasteiger partial charge in [-0.15, -0.1) is 0 Å². The molecule has 1 unspecified atom stereocenters. The van der Waals surface area contributed by atoms with E-state index in [2.05, 4.69) is 9.71 Å². The minimum absolute atomic E-state index is 0.198. The highest BCUT2D eigenvalue weighted by atomic mass is 32.2. The van der Waals surface area contributed by atoms with Crippen LogP contribution < -0.4 is 4.72 Å². The largest absolute Gasteiger partial charge is 0.393 e. The van der Waals surface area contributed by atoms with E-state index in [9.17, 15) is 12.8 Å². The Morgan fingerprint density at radius 2 is 2.24 bits per heavy atom. The van der Waals surface area contributed by atoms with Crippen molar-refractivity contribution in [3.8, 4) is 0 Å². The van der Waals surface area contributed by atoms with Crippen LogP contribution in [-0.2, 0) is 10.0 Å². The molecule has 0 amide bonds. The molecule has 1 atom stereocenters. The highest BCUT2D eigenvalue weighted by Gasteiger charge is 2.14. The Labute approximate surface area is 99.7 Å². The van der Waals surface area contributed by atoms with E-state index in [-0.39, 0.29) is 11.4 Å². The first kappa shape index (κ1) is 14.0. The average Bonchev–Trinajstić information content (AvgIpc) is 2.24. The summed E-state index contributed by atoms with van der Waals surface area (Å²) in [5, 5.41) is 9.00. The molecule has 0 radical (unpaired) electrons. The number of aromatic nitrogens is 1. The molecule has 5 nitrogen and oxygen atoms in total. The highest BCUT2D eigenvalue weighted by molar-refractivity contribution is 7.89. The Hall–Kier alpha value is -1.05. The number of hydrogen-bond donors (Lipinski definition) is 2. The number of halogens is 1. The molecule has 17 heavy (non-hydrogen) atoms. The molecule has 96 valence electrons. The molecular weight excluding hydrogens is 247 g/mol. The maximum absolute atomic E-state index is 12.8. The zero-order chi connectivity index (χ0) is 12.9. The predicted molar refractivity (Wildman–Crippen MR) is 60.3 cm³/mol. The molecule has 1 heterocycles. The van der Waals surface area contributed by atoms with Crippen molar-refractivity contribution in [1.29, 1.82) is 0 Å². The fourth-order valence-electron chi connectivity index (χ4n) is 1.23. The lowest BCUT2D eigenvalue weighted by atomic mass is 10.2. The second-order valence-electron chi connectivity index (χ2n) is 3.73. The van der Waals surface area contributed by atoms with Gasteiger partial charge < -0.3 is 5.11 Å². The fraction of sp³-hybridized carbons (Fsp3) is 0.500. The minimum Gasteiger partial charge on any atom is -0.393 e. The lowest BCUT2D eigenvalue weighted by Crippen LogP contribution is -2.25. The molecule has 1 aromatic heterocycles. The zero-order valence-electron chi connectivity index (χ0n) is 9.43. The van der Waals surface area contributed by atoms with Crippen LogP contribution in [0.4, 0.5) is 4.39 Å². The van der Waals surface area contributed by atoms with Gasteiger partial charge in [0.1, 0.15) is 10.7 Å². The van der Waals surface area contributed by atoms with Gasteiger partial charge in [0.15, 0.2) is 0 Å². The van der Waals surface area contributed by atoms with Crippen LogP contribution in [-0.4, -0.2) is 31.2 Å². The first-order valence-electron chi connectivity index (χ1n) is 5.20. The van der Waals surface area contributed by atoms with E-state index in [1.165, 1.54) is 0 Å². The Kier molecular flexibility index (Phi) is 4.98. The first-order valence-corrected chi connectivity index (χ1v) is 6.68. The number of rotatable bonds is 6. The normalized spacial score (nSPS) is 13.6. The summed E-state index contributed by atoms with van der Waals surface area (Å²) in [6.45, 7) is 1.83. The summed E-state index contributed by atoms with van der Waals surface area (Å²) >= 11 is 0. The van der Waals surface area contributed by atoms with Crippen LogP contribution in [0.25, 0.3) is 0 Å². The zero-order valence-corrected chi connectivity index (χ0v) is 10.2. The van der Waals surface area contributed by atoms with Gasteiger partial charge in [-0.2, -0.15) is 0 Å². The molecule has 0 bridgehead atoms. The third-order valence-corrected chi connectivity index (χ3v) is 3.51. The number of aliphatic hydroxyl groups excluding tert-OH is 1. The number of hydrogen-bond acceptors (Lipinski definition) is 4. The van der Waals surface area contributed by atoms with Crippen LogP contribution in [0.3, 0.4) is 0 Å². The van der Waals surface area contributed by atoms with Gasteiger partial charge in [0.05, 0.1) is 12.3 Å². The molecule has 1 aromatic rings. The molecule has 0 saturated carbocycles. The molecule has 7 heteroatoms. The van der Waals surface area contributed by atoms with E-state index in [4.69, 9.17) is 5.11 Å². The molecule has 0 saturated heterocycles. The van der Waals surface area contributed by atoms with Crippen LogP contribution in [0.2, 0.25) is 0 Å². The van der Waals surface area contributed by atoms with Crippen molar-refractivity contribution in [1.82, 2.24) is 9.71 Å². The molecular formula is C10H15FN2O3S. The summed E-state index contributed by atoms with van der Waals surface area (Å²) in [5.41, 5.74) is 0. The van der Waals surface area contributed by atoms with Crippen molar-refractivity contribution in [3.63, 3.8) is 0 Å². The standard InChI is InChI=1S/C10H15FN2O3S/c1-8(14)3-2-4-13-17(15,16)10-5-9(11)6-12-7-10/h5-8,13-14H,2-4H2,1H3. The first-order chi connectivity index (χ1) is 7.92.